The number of likely N-dealkylation sites (tertiary alicyclic amines) is 1. The summed E-state index contributed by atoms with van der Waals surface area (Å²) < 4.78 is 32.9. The second-order valence-corrected chi connectivity index (χ2v) is 7.68. The minimum atomic E-state index is -4.68. The van der Waals surface area contributed by atoms with Crippen molar-refractivity contribution in [1.29, 1.82) is 0 Å². The van der Waals surface area contributed by atoms with Crippen LogP contribution in [0.3, 0.4) is 0 Å². The Labute approximate surface area is 152 Å². The van der Waals surface area contributed by atoms with E-state index in [1.807, 2.05) is 0 Å². The third kappa shape index (κ3) is 5.02. The summed E-state index contributed by atoms with van der Waals surface area (Å²) >= 11 is 0. The van der Waals surface area contributed by atoms with Crippen LogP contribution in [0.5, 0.6) is 0 Å². The van der Waals surface area contributed by atoms with Gasteiger partial charge in [-0.15, -0.1) is 0 Å². The van der Waals surface area contributed by atoms with E-state index in [1.54, 1.807) is 0 Å². The molecule has 1 fully saturated rings. The van der Waals surface area contributed by atoms with Crippen LogP contribution in [0.25, 0.3) is 0 Å². The van der Waals surface area contributed by atoms with E-state index in [0.29, 0.717) is 13.0 Å². The molecule has 0 radical (unpaired) electrons. The predicted octanol–water partition coefficient (Wildman–Crippen LogP) is -0.0676. The molecule has 1 aliphatic heterocycles. The molecular formula is C16H23N3O6S. The van der Waals surface area contributed by atoms with Crippen molar-refractivity contribution in [2.24, 2.45) is 17.6 Å². The maximum absolute atomic E-state index is 12.1. The summed E-state index contributed by atoms with van der Waals surface area (Å²) in [4.78, 5) is 36.7. The predicted molar refractivity (Wildman–Crippen MR) is 94.8 cm³/mol. The highest BCUT2D eigenvalue weighted by atomic mass is 32.2. The minimum absolute atomic E-state index is 0.122. The monoisotopic (exact) mass is 385 g/mol. The average molecular weight is 385 g/mol. The number of nitrogens with two attached hydrogens (primary N) is 1. The van der Waals surface area contributed by atoms with Crippen LogP contribution in [-0.2, 0) is 24.5 Å². The Morgan fingerprint density at radius 2 is 2.00 bits per heavy atom. The van der Waals surface area contributed by atoms with Gasteiger partial charge in [-0.3, -0.25) is 18.9 Å². The zero-order chi connectivity index (χ0) is 20.2. The molecular weight excluding hydrogens is 362 g/mol. The quantitative estimate of drug-likeness (QED) is 0.288. The average Bonchev–Trinajstić information content (AvgIpc) is 2.89. The third-order valence-electron chi connectivity index (χ3n) is 4.27. The maximum Gasteiger partial charge on any atom is 0.286 e. The molecule has 0 bridgehead atoms. The Hall–Kier alpha value is -2.46. The number of hydrogen-bond donors (Lipinski definition) is 3. The lowest BCUT2D eigenvalue weighted by atomic mass is 9.94. The number of nitrogens with zero attached hydrogens (tertiary/aromatic N) is 1. The smallest absolute Gasteiger partial charge is 0.286 e. The number of nitrogens with one attached hydrogen (secondary N) is 1. The van der Waals surface area contributed by atoms with Crippen molar-refractivity contribution < 1.29 is 27.4 Å². The highest BCUT2D eigenvalue weighted by Crippen LogP contribution is 2.27. The summed E-state index contributed by atoms with van der Waals surface area (Å²) in [5.74, 6) is -3.43. The van der Waals surface area contributed by atoms with Crippen molar-refractivity contribution in [2.75, 3.05) is 6.54 Å². The van der Waals surface area contributed by atoms with Gasteiger partial charge in [0.25, 0.3) is 16.0 Å². The van der Waals surface area contributed by atoms with Crippen LogP contribution >= 0.6 is 0 Å². The lowest BCUT2D eigenvalue weighted by Gasteiger charge is -2.24. The normalized spacial score (nSPS) is 19.5. The molecule has 26 heavy (non-hydrogen) atoms. The molecule has 1 rings (SSSR count). The van der Waals surface area contributed by atoms with Crippen LogP contribution in [0, 0.1) is 11.8 Å². The van der Waals surface area contributed by atoms with Crippen LogP contribution in [-0.4, -0.2) is 47.5 Å². The number of carbonyl (C=O) groups is 3. The van der Waals surface area contributed by atoms with E-state index in [-0.39, 0.29) is 17.9 Å². The van der Waals surface area contributed by atoms with Crippen LogP contribution < -0.4 is 11.1 Å². The molecule has 1 saturated heterocycles. The SMILES string of the molecule is C=CN1CCC(CC(C)C(NC(=O)C(=C)C(=C)C(N)=O)S(=O)(=O)O)C1=O. The summed E-state index contributed by atoms with van der Waals surface area (Å²) in [7, 11) is -4.68. The lowest BCUT2D eigenvalue weighted by molar-refractivity contribution is -0.129. The molecule has 3 amide bonds. The fourth-order valence-electron chi connectivity index (χ4n) is 2.75. The highest BCUT2D eigenvalue weighted by Gasteiger charge is 2.37. The van der Waals surface area contributed by atoms with E-state index in [1.165, 1.54) is 18.0 Å². The molecule has 1 heterocycles. The molecule has 9 nitrogen and oxygen atoms in total. The molecule has 3 unspecified atom stereocenters. The Balaban J connectivity index is 2.91. The fraction of sp³-hybridized carbons (Fsp3) is 0.438. The molecule has 0 aromatic carbocycles. The van der Waals surface area contributed by atoms with Crippen LogP contribution in [0.15, 0.2) is 37.1 Å². The van der Waals surface area contributed by atoms with Crippen molar-refractivity contribution in [3.05, 3.63) is 37.1 Å². The largest absolute Gasteiger partial charge is 0.366 e. The van der Waals surface area contributed by atoms with E-state index >= 15 is 0 Å². The Morgan fingerprint density at radius 1 is 1.42 bits per heavy atom. The molecule has 4 N–H and O–H groups in total. The van der Waals surface area contributed by atoms with Gasteiger partial charge in [-0.25, -0.2) is 0 Å². The topological polar surface area (TPSA) is 147 Å². The summed E-state index contributed by atoms with van der Waals surface area (Å²) in [5, 5.41) is 0.434. The van der Waals surface area contributed by atoms with Crippen molar-refractivity contribution >= 4 is 27.8 Å². The number of rotatable bonds is 9. The Kier molecular flexibility index (Phi) is 6.87. The summed E-state index contributed by atoms with van der Waals surface area (Å²) in [6, 6.07) is 0. The number of primary amides is 1. The van der Waals surface area contributed by atoms with Gasteiger partial charge < -0.3 is 16.0 Å². The number of amides is 3. The van der Waals surface area contributed by atoms with Crippen LogP contribution in [0.2, 0.25) is 0 Å². The van der Waals surface area contributed by atoms with Gasteiger partial charge >= 0.3 is 0 Å². The second-order valence-electron chi connectivity index (χ2n) is 6.14. The first-order chi connectivity index (χ1) is 11.9. The van der Waals surface area contributed by atoms with E-state index < -0.39 is 44.7 Å². The fourth-order valence-corrected chi connectivity index (χ4v) is 3.70. The van der Waals surface area contributed by atoms with Gasteiger partial charge in [0.05, 0.1) is 0 Å². The van der Waals surface area contributed by atoms with Crippen molar-refractivity contribution in [2.45, 2.75) is 25.1 Å². The van der Waals surface area contributed by atoms with Crippen molar-refractivity contribution in [1.82, 2.24) is 10.2 Å². The van der Waals surface area contributed by atoms with E-state index in [9.17, 15) is 27.4 Å². The van der Waals surface area contributed by atoms with E-state index in [4.69, 9.17) is 5.73 Å². The first-order valence-corrected chi connectivity index (χ1v) is 9.28. The third-order valence-corrected chi connectivity index (χ3v) is 5.50. The Morgan fingerprint density at radius 3 is 2.42 bits per heavy atom. The molecule has 144 valence electrons. The first-order valence-electron chi connectivity index (χ1n) is 7.78. The van der Waals surface area contributed by atoms with Crippen LogP contribution in [0.1, 0.15) is 19.8 Å². The summed E-state index contributed by atoms with van der Waals surface area (Å²) in [5.41, 5.74) is 4.22. The summed E-state index contributed by atoms with van der Waals surface area (Å²) in [6.07, 6.45) is 2.03. The molecule has 0 aromatic rings. The molecule has 1 aliphatic rings. The Bertz CT molecular complexity index is 758. The molecule has 0 aromatic heterocycles. The highest BCUT2D eigenvalue weighted by molar-refractivity contribution is 7.86. The molecule has 0 aliphatic carbocycles. The minimum Gasteiger partial charge on any atom is -0.366 e. The van der Waals surface area contributed by atoms with Gasteiger partial charge in [0, 0.05) is 23.6 Å². The zero-order valence-electron chi connectivity index (χ0n) is 14.5. The molecule has 10 heteroatoms. The second kappa shape index (κ2) is 8.28. The van der Waals surface area contributed by atoms with Crippen LogP contribution in [0.4, 0.5) is 0 Å². The van der Waals surface area contributed by atoms with Gasteiger partial charge in [-0.1, -0.05) is 26.7 Å². The van der Waals surface area contributed by atoms with Crippen molar-refractivity contribution in [3.63, 3.8) is 0 Å². The first kappa shape index (κ1) is 21.6. The molecule has 0 spiro atoms. The zero-order valence-corrected chi connectivity index (χ0v) is 15.3. The van der Waals surface area contributed by atoms with E-state index in [2.05, 4.69) is 25.1 Å². The number of hydrogen-bond acceptors (Lipinski definition) is 5. The molecule has 3 atom stereocenters. The maximum atomic E-state index is 12.1. The van der Waals surface area contributed by atoms with Gasteiger partial charge in [-0.2, -0.15) is 8.42 Å². The van der Waals surface area contributed by atoms with Gasteiger partial charge in [0.15, 0.2) is 5.37 Å². The standard InChI is InChI=1S/C16H23N3O6S/c1-5-19-7-6-12(16(19)22)8-9(2)15(26(23,24)25)18-14(21)11(4)10(3)13(17)20/h5,9,12,15H,1,3-4,6-8H2,2H3,(H2,17,20)(H,18,21)(H,23,24,25). The van der Waals surface area contributed by atoms with Gasteiger partial charge in [0.1, 0.15) is 0 Å². The number of carbonyl (C=O) groups excluding carboxylic acids is 3. The van der Waals surface area contributed by atoms with Crippen molar-refractivity contribution in [3.8, 4) is 0 Å². The summed E-state index contributed by atoms with van der Waals surface area (Å²) in [6.45, 7) is 12.1. The lowest BCUT2D eigenvalue weighted by Crippen LogP contribution is -2.46. The van der Waals surface area contributed by atoms with Gasteiger partial charge in [-0.05, 0) is 25.0 Å². The molecule has 0 saturated carbocycles. The van der Waals surface area contributed by atoms with Gasteiger partial charge in [0.2, 0.25) is 11.8 Å². The van der Waals surface area contributed by atoms with E-state index in [0.717, 1.165) is 0 Å².